The average Bonchev–Trinajstić information content (AvgIpc) is 2.30. The number of amides is 1. The molecule has 1 aromatic rings. The van der Waals surface area contributed by atoms with Crippen LogP contribution in [0.3, 0.4) is 0 Å². The van der Waals surface area contributed by atoms with E-state index >= 15 is 0 Å². The Balaban J connectivity index is 3.04. The molecule has 0 aliphatic carbocycles. The van der Waals surface area contributed by atoms with Crippen LogP contribution in [-0.4, -0.2) is 31.3 Å². The Bertz CT molecular complexity index is 449. The normalized spacial score (nSPS) is 9.67. The fourth-order valence-corrected chi connectivity index (χ4v) is 1.33. The topological polar surface area (TPSA) is 84.9 Å². The molecule has 0 fully saturated rings. The number of carboxylic acids is 1. The highest BCUT2D eigenvalue weighted by atomic mass is 16.6. The number of anilines is 1. The fraction of sp³-hybridized carbons (Fsp3) is 0.273. The van der Waals surface area contributed by atoms with E-state index in [9.17, 15) is 9.59 Å². The molecule has 0 heterocycles. The zero-order valence-electron chi connectivity index (χ0n) is 10.2. The highest BCUT2D eigenvalue weighted by Gasteiger charge is 2.16. The fourth-order valence-electron chi connectivity index (χ4n) is 1.33. The van der Waals surface area contributed by atoms with E-state index in [4.69, 9.17) is 14.4 Å². The van der Waals surface area contributed by atoms with Gasteiger partial charge in [-0.3, -0.25) is 4.79 Å². The van der Waals surface area contributed by atoms with Gasteiger partial charge in [0.05, 0.1) is 5.69 Å². The maximum atomic E-state index is 11.1. The number of hydrogen-bond acceptors (Lipinski definition) is 4. The van der Waals surface area contributed by atoms with Crippen molar-refractivity contribution in [3.05, 3.63) is 23.8 Å². The van der Waals surface area contributed by atoms with Gasteiger partial charge in [0, 0.05) is 13.5 Å². The van der Waals surface area contributed by atoms with Gasteiger partial charge in [-0.25, -0.2) is 4.79 Å². The first kappa shape index (κ1) is 14.0. The van der Waals surface area contributed by atoms with Crippen LogP contribution in [0.2, 0.25) is 0 Å². The molecule has 0 spiro atoms. The van der Waals surface area contributed by atoms with Gasteiger partial charge in [-0.1, -0.05) is 6.07 Å². The van der Waals surface area contributed by atoms with Gasteiger partial charge in [-0.15, -0.1) is 0 Å². The Kier molecular flexibility index (Phi) is 5.19. The standard InChI is InChI=1S/C11H14BNO5/c1-3-17-12-18-10-8(11(15)16)5-4-6-9(10)13-7(2)14/h4-6,12H,3H2,1-2H3,(H,13,14)(H,15,16). The summed E-state index contributed by atoms with van der Waals surface area (Å²) in [6.07, 6.45) is 0. The van der Waals surface area contributed by atoms with Crippen molar-refractivity contribution >= 4 is 25.2 Å². The predicted octanol–water partition coefficient (Wildman–Crippen LogP) is 1.03. The van der Waals surface area contributed by atoms with E-state index in [-0.39, 0.29) is 24.9 Å². The first-order valence-electron chi connectivity index (χ1n) is 5.40. The summed E-state index contributed by atoms with van der Waals surface area (Å²) in [7, 11) is -0.0760. The van der Waals surface area contributed by atoms with E-state index in [2.05, 4.69) is 5.32 Å². The molecule has 0 radical (unpaired) electrons. The maximum Gasteiger partial charge on any atom is 0.506 e. The first-order valence-corrected chi connectivity index (χ1v) is 5.40. The molecule has 0 saturated carbocycles. The number of rotatable bonds is 6. The summed E-state index contributed by atoms with van der Waals surface area (Å²) in [6, 6.07) is 4.49. The van der Waals surface area contributed by atoms with Crippen LogP contribution < -0.4 is 9.97 Å². The lowest BCUT2D eigenvalue weighted by atomic mass is 10.1. The number of carbonyl (C=O) groups excluding carboxylic acids is 1. The number of hydrogen-bond donors (Lipinski definition) is 2. The van der Waals surface area contributed by atoms with Gasteiger partial charge in [0.1, 0.15) is 11.3 Å². The maximum absolute atomic E-state index is 11.1. The molecule has 0 aromatic heterocycles. The van der Waals surface area contributed by atoms with Crippen molar-refractivity contribution < 1.29 is 24.0 Å². The van der Waals surface area contributed by atoms with Gasteiger partial charge in [0.2, 0.25) is 5.91 Å². The molecule has 0 aliphatic rings. The number of para-hydroxylation sites is 1. The first-order chi connectivity index (χ1) is 8.56. The zero-order chi connectivity index (χ0) is 13.5. The second-order valence-corrected chi connectivity index (χ2v) is 3.42. The van der Waals surface area contributed by atoms with Crippen LogP contribution in [-0.2, 0) is 9.45 Å². The van der Waals surface area contributed by atoms with Crippen LogP contribution in [0.25, 0.3) is 0 Å². The third-order valence-electron chi connectivity index (χ3n) is 2.05. The second kappa shape index (κ2) is 6.66. The van der Waals surface area contributed by atoms with E-state index in [1.54, 1.807) is 13.0 Å². The predicted molar refractivity (Wildman–Crippen MR) is 67.1 cm³/mol. The number of aromatic carboxylic acids is 1. The van der Waals surface area contributed by atoms with Crippen LogP contribution in [0.15, 0.2) is 18.2 Å². The molecular formula is C11H14BNO5. The second-order valence-electron chi connectivity index (χ2n) is 3.42. The van der Waals surface area contributed by atoms with Gasteiger partial charge < -0.3 is 19.7 Å². The summed E-state index contributed by atoms with van der Waals surface area (Å²) in [4.78, 5) is 22.1. The molecule has 96 valence electrons. The molecule has 1 amide bonds. The summed E-state index contributed by atoms with van der Waals surface area (Å²) in [6.45, 7) is 3.58. The van der Waals surface area contributed by atoms with E-state index in [1.807, 2.05) is 0 Å². The van der Waals surface area contributed by atoms with Crippen LogP contribution in [0.4, 0.5) is 5.69 Å². The molecule has 6 nitrogen and oxygen atoms in total. The summed E-state index contributed by atoms with van der Waals surface area (Å²) < 4.78 is 10.3. The van der Waals surface area contributed by atoms with Gasteiger partial charge in [0.25, 0.3) is 0 Å². The zero-order valence-corrected chi connectivity index (χ0v) is 10.2. The SMILES string of the molecule is CCOBOc1c(NC(C)=O)cccc1C(=O)O. The summed E-state index contributed by atoms with van der Waals surface area (Å²) in [5.74, 6) is -1.35. The van der Waals surface area contributed by atoms with Crippen molar-refractivity contribution in [1.82, 2.24) is 0 Å². The molecular weight excluding hydrogens is 237 g/mol. The molecule has 0 saturated heterocycles. The average molecular weight is 251 g/mol. The van der Waals surface area contributed by atoms with Crippen molar-refractivity contribution in [2.24, 2.45) is 0 Å². The highest BCUT2D eigenvalue weighted by Crippen LogP contribution is 2.28. The Morgan fingerprint density at radius 2 is 2.17 bits per heavy atom. The number of carbonyl (C=O) groups is 2. The summed E-state index contributed by atoms with van der Waals surface area (Å²) >= 11 is 0. The molecule has 0 unspecified atom stereocenters. The van der Waals surface area contributed by atoms with Crippen molar-refractivity contribution in [3.8, 4) is 5.75 Å². The smallest absolute Gasteiger partial charge is 0.506 e. The third-order valence-corrected chi connectivity index (χ3v) is 2.05. The lowest BCUT2D eigenvalue weighted by molar-refractivity contribution is -0.114. The van der Waals surface area contributed by atoms with Crippen molar-refractivity contribution in [2.75, 3.05) is 11.9 Å². The Morgan fingerprint density at radius 3 is 2.72 bits per heavy atom. The lowest BCUT2D eigenvalue weighted by Crippen LogP contribution is -2.14. The van der Waals surface area contributed by atoms with E-state index in [0.29, 0.717) is 12.3 Å². The molecule has 7 heteroatoms. The molecule has 0 aliphatic heterocycles. The lowest BCUT2D eigenvalue weighted by Gasteiger charge is -2.13. The quantitative estimate of drug-likeness (QED) is 0.582. The minimum atomic E-state index is -1.13. The summed E-state index contributed by atoms with van der Waals surface area (Å²) in [5.41, 5.74) is 0.281. The third kappa shape index (κ3) is 3.78. The molecule has 1 aromatic carbocycles. The monoisotopic (exact) mass is 251 g/mol. The van der Waals surface area contributed by atoms with Gasteiger partial charge >= 0.3 is 13.7 Å². The molecule has 2 N–H and O–H groups in total. The van der Waals surface area contributed by atoms with Crippen LogP contribution in [0, 0.1) is 0 Å². The van der Waals surface area contributed by atoms with Gasteiger partial charge in [-0.2, -0.15) is 0 Å². The molecule has 1 rings (SSSR count). The number of carboxylic acid groups (broad SMARTS) is 1. The van der Waals surface area contributed by atoms with Crippen molar-refractivity contribution in [3.63, 3.8) is 0 Å². The molecule has 18 heavy (non-hydrogen) atoms. The molecule has 0 bridgehead atoms. The van der Waals surface area contributed by atoms with Gasteiger partial charge in [0.15, 0.2) is 0 Å². The number of nitrogens with one attached hydrogen (secondary N) is 1. The van der Waals surface area contributed by atoms with Crippen LogP contribution >= 0.6 is 0 Å². The Labute approximate surface area is 105 Å². The van der Waals surface area contributed by atoms with Crippen molar-refractivity contribution in [2.45, 2.75) is 13.8 Å². The van der Waals surface area contributed by atoms with Crippen LogP contribution in [0.1, 0.15) is 24.2 Å². The Hall–Kier alpha value is -2.02. The largest absolute Gasteiger partial charge is 0.537 e. The van der Waals surface area contributed by atoms with E-state index in [0.717, 1.165) is 0 Å². The van der Waals surface area contributed by atoms with Crippen LogP contribution in [0.5, 0.6) is 5.75 Å². The molecule has 0 atom stereocenters. The minimum absolute atomic E-state index is 0.0269. The van der Waals surface area contributed by atoms with Crippen molar-refractivity contribution in [1.29, 1.82) is 0 Å². The van der Waals surface area contributed by atoms with E-state index < -0.39 is 5.97 Å². The Morgan fingerprint density at radius 1 is 1.44 bits per heavy atom. The van der Waals surface area contributed by atoms with E-state index in [1.165, 1.54) is 19.1 Å². The summed E-state index contributed by atoms with van der Waals surface area (Å²) in [5, 5.41) is 11.6. The highest BCUT2D eigenvalue weighted by molar-refractivity contribution is 6.20. The number of benzene rings is 1. The van der Waals surface area contributed by atoms with Gasteiger partial charge in [-0.05, 0) is 19.1 Å². The minimum Gasteiger partial charge on any atom is -0.537 e.